The first kappa shape index (κ1) is 18.1. The number of nitrogens with zero attached hydrogens (tertiary/aromatic N) is 1. The van der Waals surface area contributed by atoms with Crippen molar-refractivity contribution in [2.24, 2.45) is 0 Å². The summed E-state index contributed by atoms with van der Waals surface area (Å²) in [4.78, 5) is 1.37. The molecule has 0 radical (unpaired) electrons. The molecule has 2 heterocycles. The molecule has 1 N–H and O–H groups in total. The summed E-state index contributed by atoms with van der Waals surface area (Å²) >= 11 is 0. The molecule has 2 atom stereocenters. The molecule has 0 amide bonds. The van der Waals surface area contributed by atoms with Crippen molar-refractivity contribution in [1.82, 2.24) is 4.57 Å². The van der Waals surface area contributed by atoms with E-state index in [0.717, 1.165) is 18.8 Å². The summed E-state index contributed by atoms with van der Waals surface area (Å²) in [5, 5.41) is 0. The quantitative estimate of drug-likeness (QED) is 0.690. The average Bonchev–Trinajstić information content (AvgIpc) is 3.01. The lowest BCUT2D eigenvalue weighted by Crippen LogP contribution is -3.09. The number of hydrogen-bond donors (Lipinski definition) is 1. The molecule has 1 aromatic carbocycles. The molecule has 1 aromatic heterocycles. The second-order valence-corrected chi connectivity index (χ2v) is 5.84. The van der Waals surface area contributed by atoms with Crippen molar-refractivity contribution in [2.45, 2.75) is 40.5 Å². The third kappa shape index (κ3) is 3.33. The first-order chi connectivity index (χ1) is 10.7. The van der Waals surface area contributed by atoms with Gasteiger partial charge in [0.1, 0.15) is 0 Å². The van der Waals surface area contributed by atoms with Crippen LogP contribution in [-0.4, -0.2) is 17.3 Å². The summed E-state index contributed by atoms with van der Waals surface area (Å²) in [7, 11) is 0. The highest BCUT2D eigenvalue weighted by atomic mass is 127. The number of quaternary nitrogens is 1. The Morgan fingerprint density at radius 1 is 1.22 bits per heavy atom. The molecule has 0 saturated heterocycles. The van der Waals surface area contributed by atoms with Gasteiger partial charge >= 0.3 is 0 Å². The van der Waals surface area contributed by atoms with Gasteiger partial charge in [0.25, 0.3) is 6.23 Å². The number of benzene rings is 1. The number of nitrogens with one attached hydrogen (secondary N) is 1. The van der Waals surface area contributed by atoms with Gasteiger partial charge in [0, 0.05) is 30.1 Å². The normalized spacial score (nSPS) is 19.5. The lowest BCUT2D eigenvalue weighted by atomic mass is 10.2. The Morgan fingerprint density at radius 3 is 2.61 bits per heavy atom. The summed E-state index contributed by atoms with van der Waals surface area (Å²) < 4.78 is 8.45. The van der Waals surface area contributed by atoms with E-state index in [2.05, 4.69) is 68.7 Å². The van der Waals surface area contributed by atoms with E-state index in [0.29, 0.717) is 0 Å². The van der Waals surface area contributed by atoms with Gasteiger partial charge in [0.2, 0.25) is 0 Å². The van der Waals surface area contributed by atoms with Crippen LogP contribution in [-0.2, 0) is 6.54 Å². The Hall–Kier alpha value is -1.27. The second kappa shape index (κ2) is 7.53. The highest BCUT2D eigenvalue weighted by Gasteiger charge is 2.32. The van der Waals surface area contributed by atoms with Gasteiger partial charge in [-0.05, 0) is 51.5 Å². The van der Waals surface area contributed by atoms with E-state index in [9.17, 15) is 0 Å². The zero-order valence-electron chi connectivity index (χ0n) is 14.3. The number of aromatic nitrogens is 1. The van der Waals surface area contributed by atoms with Gasteiger partial charge in [0.05, 0.1) is 6.54 Å². The van der Waals surface area contributed by atoms with Crippen molar-refractivity contribution in [3.63, 3.8) is 0 Å². The van der Waals surface area contributed by atoms with E-state index < -0.39 is 0 Å². The van der Waals surface area contributed by atoms with Crippen molar-refractivity contribution in [2.75, 3.05) is 6.54 Å². The van der Waals surface area contributed by atoms with Gasteiger partial charge in [0.15, 0.2) is 11.4 Å². The van der Waals surface area contributed by atoms with Crippen LogP contribution in [0.25, 0.3) is 6.08 Å². The minimum absolute atomic E-state index is 0. The molecule has 0 saturated carbocycles. The van der Waals surface area contributed by atoms with Crippen LogP contribution in [0.5, 0.6) is 5.75 Å². The third-order valence-electron chi connectivity index (χ3n) is 4.59. The van der Waals surface area contributed by atoms with Crippen molar-refractivity contribution in [1.29, 1.82) is 0 Å². The zero-order valence-corrected chi connectivity index (χ0v) is 16.4. The van der Waals surface area contributed by atoms with Crippen LogP contribution in [0.4, 0.5) is 5.69 Å². The maximum absolute atomic E-state index is 6.10. The number of rotatable bonds is 4. The first-order valence-electron chi connectivity index (χ1n) is 8.12. The smallest absolute Gasteiger partial charge is 0.257 e. The molecule has 23 heavy (non-hydrogen) atoms. The molecule has 0 aliphatic carbocycles. The van der Waals surface area contributed by atoms with Crippen LogP contribution in [0.15, 0.2) is 36.4 Å². The van der Waals surface area contributed by atoms with E-state index in [-0.39, 0.29) is 30.2 Å². The monoisotopic (exact) mass is 424 g/mol. The summed E-state index contributed by atoms with van der Waals surface area (Å²) in [6.45, 7) is 10.8. The molecule has 0 bridgehead atoms. The molecule has 3 nitrogen and oxygen atoms in total. The largest absolute Gasteiger partial charge is 1.00 e. The molecule has 0 spiro atoms. The highest BCUT2D eigenvalue weighted by molar-refractivity contribution is 5.55. The minimum Gasteiger partial charge on any atom is -1.00 e. The fraction of sp³-hybridized carbons (Fsp3) is 0.368. The Kier molecular flexibility index (Phi) is 5.92. The van der Waals surface area contributed by atoms with Crippen LogP contribution in [0.1, 0.15) is 30.8 Å². The topological polar surface area (TPSA) is 18.6 Å². The predicted molar refractivity (Wildman–Crippen MR) is 90.6 cm³/mol. The number of ether oxygens (including phenoxy) is 1. The Bertz CT molecular complexity index is 705. The van der Waals surface area contributed by atoms with Gasteiger partial charge in [-0.1, -0.05) is 12.1 Å². The fourth-order valence-electron chi connectivity index (χ4n) is 3.42. The van der Waals surface area contributed by atoms with Gasteiger partial charge in [-0.25, -0.2) is 0 Å². The molecule has 3 rings (SSSR count). The van der Waals surface area contributed by atoms with E-state index >= 15 is 0 Å². The van der Waals surface area contributed by atoms with Gasteiger partial charge in [-0.3, -0.25) is 4.90 Å². The number of likely N-dealkylation sites (N-methyl/N-ethyl adjacent to an activating group) is 1. The zero-order chi connectivity index (χ0) is 15.7. The van der Waals surface area contributed by atoms with Crippen molar-refractivity contribution in [3.8, 4) is 5.75 Å². The molecular formula is C19H25IN2O. The standard InChI is InChI=1S/C19H24N2O.HI/c1-5-20-14(3)13-16(15(20)4)11-12-19-21(6-2)17-9-7-8-10-18(17)22-19;/h7-13,19H,5-6H2,1-4H3;1H/b12-11+;. The molecule has 2 unspecified atom stereocenters. The molecule has 4 heteroatoms. The predicted octanol–water partition coefficient (Wildman–Crippen LogP) is 0.0970. The molecule has 1 aliphatic heterocycles. The summed E-state index contributed by atoms with van der Waals surface area (Å²) in [6.07, 6.45) is 4.47. The van der Waals surface area contributed by atoms with Crippen molar-refractivity contribution >= 4 is 11.8 Å². The molecule has 124 valence electrons. The van der Waals surface area contributed by atoms with Crippen LogP contribution in [0, 0.1) is 13.8 Å². The van der Waals surface area contributed by atoms with E-state index in [4.69, 9.17) is 4.74 Å². The van der Waals surface area contributed by atoms with Gasteiger partial charge in [-0.2, -0.15) is 0 Å². The van der Waals surface area contributed by atoms with E-state index in [1.165, 1.54) is 27.5 Å². The average molecular weight is 424 g/mol. The Balaban J connectivity index is 0.00000192. The molecular weight excluding hydrogens is 399 g/mol. The van der Waals surface area contributed by atoms with E-state index in [1.54, 1.807) is 0 Å². The van der Waals surface area contributed by atoms with Crippen LogP contribution < -0.4 is 33.6 Å². The Morgan fingerprint density at radius 2 is 1.96 bits per heavy atom. The van der Waals surface area contributed by atoms with Gasteiger partial charge in [-0.15, -0.1) is 0 Å². The van der Waals surface area contributed by atoms with Crippen molar-refractivity contribution < 1.29 is 33.6 Å². The number of halogens is 1. The van der Waals surface area contributed by atoms with Crippen LogP contribution in [0.3, 0.4) is 0 Å². The molecule has 2 aromatic rings. The van der Waals surface area contributed by atoms with Crippen LogP contribution in [0.2, 0.25) is 0 Å². The summed E-state index contributed by atoms with van der Waals surface area (Å²) in [6, 6.07) is 10.6. The van der Waals surface area contributed by atoms with E-state index in [1.807, 2.05) is 6.07 Å². The SMILES string of the molecule is CCn1c(C)cc(/C=C/C2Oc3ccccc3[NH+]2CC)c1C.[I-]. The number of aryl methyl sites for hydroxylation is 1. The number of para-hydroxylation sites is 2. The highest BCUT2D eigenvalue weighted by Crippen LogP contribution is 2.26. The molecule has 0 fully saturated rings. The fourth-order valence-corrected chi connectivity index (χ4v) is 3.42. The maximum Gasteiger partial charge on any atom is 0.257 e. The summed E-state index contributed by atoms with van der Waals surface area (Å²) in [5.74, 6) is 1.01. The third-order valence-corrected chi connectivity index (χ3v) is 4.59. The summed E-state index contributed by atoms with van der Waals surface area (Å²) in [5.41, 5.74) is 5.19. The number of hydrogen-bond acceptors (Lipinski definition) is 1. The minimum atomic E-state index is 0. The first-order valence-corrected chi connectivity index (χ1v) is 8.12. The van der Waals surface area contributed by atoms with Gasteiger partial charge < -0.3 is 33.3 Å². The van der Waals surface area contributed by atoms with Crippen molar-refractivity contribution in [3.05, 3.63) is 53.4 Å². The maximum atomic E-state index is 6.10. The second-order valence-electron chi connectivity index (χ2n) is 5.84. The lowest BCUT2D eigenvalue weighted by molar-refractivity contribution is -0.860. The number of fused-ring (bicyclic) bond motifs is 1. The van der Waals surface area contributed by atoms with Crippen LogP contribution >= 0.6 is 0 Å². The Labute approximate surface area is 156 Å². The molecule has 1 aliphatic rings. The lowest BCUT2D eigenvalue weighted by Gasteiger charge is -2.14.